The quantitative estimate of drug-likeness (QED) is 0.269. The monoisotopic (exact) mass is 572 g/mol. The Morgan fingerprint density at radius 3 is 2.31 bits per heavy atom. The van der Waals surface area contributed by atoms with Crippen LogP contribution in [-0.4, -0.2) is 45.2 Å². The molecule has 0 amide bonds. The summed E-state index contributed by atoms with van der Waals surface area (Å²) in [6.07, 6.45) is 1.23. The zero-order chi connectivity index (χ0) is 23.0. The highest BCUT2D eigenvalue weighted by molar-refractivity contribution is 14.0. The highest BCUT2D eigenvalue weighted by atomic mass is 127. The predicted octanol–water partition coefficient (Wildman–Crippen LogP) is 4.11. The minimum absolute atomic E-state index is 0. The van der Waals surface area contributed by atoms with Crippen molar-refractivity contribution in [2.45, 2.75) is 58.3 Å². The summed E-state index contributed by atoms with van der Waals surface area (Å²) in [5.74, 6) is 0.736. The van der Waals surface area contributed by atoms with Crippen LogP contribution in [0.15, 0.2) is 52.4 Å². The second-order valence-corrected chi connectivity index (χ2v) is 10.2. The third kappa shape index (κ3) is 8.71. The van der Waals surface area contributed by atoms with Crippen LogP contribution >= 0.6 is 24.0 Å². The van der Waals surface area contributed by atoms with Crippen LogP contribution in [0.1, 0.15) is 43.0 Å². The fourth-order valence-electron chi connectivity index (χ4n) is 3.25. The van der Waals surface area contributed by atoms with Gasteiger partial charge in [-0.2, -0.15) is 0 Å². The van der Waals surface area contributed by atoms with E-state index >= 15 is 0 Å². The second kappa shape index (κ2) is 13.2. The van der Waals surface area contributed by atoms with Gasteiger partial charge in [-0.15, -0.1) is 24.0 Å². The Morgan fingerprint density at radius 2 is 1.75 bits per heavy atom. The van der Waals surface area contributed by atoms with Crippen LogP contribution in [0, 0.1) is 6.92 Å². The summed E-state index contributed by atoms with van der Waals surface area (Å²) >= 11 is 0. The standard InChI is InChI=1S/C24H36N4O2S.HI/c1-7-25-24(26-15-20-12-13-23(19(4)14-20)31(6,29)30)27-16-21-10-8-9-11-22(21)17-28(5)18(2)3;/h8-14,18H,7,15-17H2,1-6H3,(H2,25,26,27);1H. The van der Waals surface area contributed by atoms with Gasteiger partial charge in [-0.25, -0.2) is 13.4 Å². The number of aryl methyl sites for hydroxylation is 1. The fraction of sp³-hybridized carbons (Fsp3) is 0.458. The Labute approximate surface area is 210 Å². The van der Waals surface area contributed by atoms with Crippen LogP contribution in [0.5, 0.6) is 0 Å². The van der Waals surface area contributed by atoms with E-state index in [9.17, 15) is 8.42 Å². The van der Waals surface area contributed by atoms with Crippen LogP contribution in [-0.2, 0) is 29.5 Å². The van der Waals surface area contributed by atoms with E-state index in [1.807, 2.05) is 26.0 Å². The Kier molecular flexibility index (Phi) is 11.7. The van der Waals surface area contributed by atoms with E-state index in [1.165, 1.54) is 17.4 Å². The fourth-order valence-corrected chi connectivity index (χ4v) is 4.21. The number of halogens is 1. The summed E-state index contributed by atoms with van der Waals surface area (Å²) in [5, 5.41) is 6.71. The van der Waals surface area contributed by atoms with Gasteiger partial charge >= 0.3 is 0 Å². The molecule has 8 heteroatoms. The van der Waals surface area contributed by atoms with Crippen molar-refractivity contribution in [1.29, 1.82) is 0 Å². The first-order valence-electron chi connectivity index (χ1n) is 10.7. The number of benzene rings is 2. The third-order valence-electron chi connectivity index (χ3n) is 5.27. The molecule has 0 aliphatic heterocycles. The van der Waals surface area contributed by atoms with E-state index in [1.54, 1.807) is 6.07 Å². The lowest BCUT2D eigenvalue weighted by atomic mass is 10.1. The molecule has 0 saturated carbocycles. The molecule has 0 aliphatic carbocycles. The zero-order valence-electron chi connectivity index (χ0n) is 20.0. The number of sulfone groups is 1. The third-order valence-corrected chi connectivity index (χ3v) is 6.53. The maximum absolute atomic E-state index is 11.8. The normalized spacial score (nSPS) is 12.1. The molecule has 2 aromatic rings. The van der Waals surface area contributed by atoms with Gasteiger partial charge in [0, 0.05) is 31.9 Å². The molecule has 0 aliphatic rings. The van der Waals surface area contributed by atoms with Gasteiger partial charge in [0.25, 0.3) is 0 Å². The van der Waals surface area contributed by atoms with Crippen molar-refractivity contribution in [3.63, 3.8) is 0 Å². The Morgan fingerprint density at radius 1 is 1.09 bits per heavy atom. The Bertz CT molecular complexity index is 1010. The molecule has 0 saturated heterocycles. The van der Waals surface area contributed by atoms with E-state index in [0.29, 0.717) is 24.0 Å². The lowest BCUT2D eigenvalue weighted by Gasteiger charge is -2.23. The van der Waals surface area contributed by atoms with Gasteiger partial charge in [-0.1, -0.05) is 36.4 Å². The maximum Gasteiger partial charge on any atom is 0.191 e. The van der Waals surface area contributed by atoms with Crippen molar-refractivity contribution in [2.24, 2.45) is 4.99 Å². The number of hydrogen-bond acceptors (Lipinski definition) is 4. The summed E-state index contributed by atoms with van der Waals surface area (Å²) in [4.78, 5) is 7.37. The number of rotatable bonds is 9. The molecule has 0 heterocycles. The van der Waals surface area contributed by atoms with Gasteiger partial charge in [0.15, 0.2) is 15.8 Å². The number of hydrogen-bond donors (Lipinski definition) is 2. The Balaban J connectivity index is 0.00000512. The molecule has 0 atom stereocenters. The topological polar surface area (TPSA) is 73.8 Å². The van der Waals surface area contributed by atoms with Gasteiger partial charge in [0.05, 0.1) is 11.4 Å². The van der Waals surface area contributed by atoms with E-state index in [-0.39, 0.29) is 24.0 Å². The average molecular weight is 573 g/mol. The molecule has 6 nitrogen and oxygen atoms in total. The predicted molar refractivity (Wildman–Crippen MR) is 144 cm³/mol. The first kappa shape index (κ1) is 28.4. The molecule has 0 radical (unpaired) electrons. The molecular formula is C24H37IN4O2S. The van der Waals surface area contributed by atoms with Crippen LogP contribution < -0.4 is 10.6 Å². The van der Waals surface area contributed by atoms with Gasteiger partial charge in [-0.3, -0.25) is 4.90 Å². The molecule has 0 unspecified atom stereocenters. The van der Waals surface area contributed by atoms with Crippen LogP contribution in [0.2, 0.25) is 0 Å². The largest absolute Gasteiger partial charge is 0.357 e. The molecule has 0 fully saturated rings. The van der Waals surface area contributed by atoms with Crippen molar-refractivity contribution < 1.29 is 8.42 Å². The van der Waals surface area contributed by atoms with Crippen molar-refractivity contribution in [3.8, 4) is 0 Å². The van der Waals surface area contributed by atoms with E-state index in [4.69, 9.17) is 0 Å². The zero-order valence-corrected chi connectivity index (χ0v) is 23.1. The summed E-state index contributed by atoms with van der Waals surface area (Å²) < 4.78 is 23.6. The summed E-state index contributed by atoms with van der Waals surface area (Å²) in [7, 11) is -1.08. The number of guanidine groups is 1. The van der Waals surface area contributed by atoms with E-state index < -0.39 is 9.84 Å². The molecule has 0 aromatic heterocycles. The highest BCUT2D eigenvalue weighted by Crippen LogP contribution is 2.17. The molecule has 2 N–H and O–H groups in total. The van der Waals surface area contributed by atoms with Gasteiger partial charge in [0.2, 0.25) is 0 Å². The van der Waals surface area contributed by atoms with Gasteiger partial charge in [0.1, 0.15) is 0 Å². The van der Waals surface area contributed by atoms with Crippen molar-refractivity contribution in [1.82, 2.24) is 15.5 Å². The van der Waals surface area contributed by atoms with Crippen molar-refractivity contribution in [2.75, 3.05) is 19.8 Å². The molecule has 0 spiro atoms. The highest BCUT2D eigenvalue weighted by Gasteiger charge is 2.11. The SMILES string of the molecule is CCNC(=NCc1ccc(S(C)(=O)=O)c(C)c1)NCc1ccccc1CN(C)C(C)C.I. The molecular weight excluding hydrogens is 535 g/mol. The molecule has 2 aromatic carbocycles. The van der Waals surface area contributed by atoms with Crippen molar-refractivity contribution in [3.05, 3.63) is 64.7 Å². The first-order chi connectivity index (χ1) is 14.6. The lowest BCUT2D eigenvalue weighted by molar-refractivity contribution is 0.265. The Hall–Kier alpha value is -1.65. The molecule has 32 heavy (non-hydrogen) atoms. The summed E-state index contributed by atoms with van der Waals surface area (Å²) in [6.45, 7) is 11.1. The van der Waals surface area contributed by atoms with Gasteiger partial charge in [-0.05, 0) is 63.1 Å². The molecule has 2 rings (SSSR count). The molecule has 178 valence electrons. The minimum Gasteiger partial charge on any atom is -0.357 e. The van der Waals surface area contributed by atoms with E-state index in [2.05, 4.69) is 65.7 Å². The first-order valence-corrected chi connectivity index (χ1v) is 12.6. The number of nitrogens with one attached hydrogen (secondary N) is 2. The van der Waals surface area contributed by atoms with Crippen LogP contribution in [0.3, 0.4) is 0 Å². The number of aliphatic imine (C=N–C) groups is 1. The number of nitrogens with zero attached hydrogens (tertiary/aromatic N) is 2. The smallest absolute Gasteiger partial charge is 0.191 e. The van der Waals surface area contributed by atoms with Crippen LogP contribution in [0.4, 0.5) is 0 Å². The molecule has 0 bridgehead atoms. The van der Waals surface area contributed by atoms with Crippen LogP contribution in [0.25, 0.3) is 0 Å². The second-order valence-electron chi connectivity index (χ2n) is 8.20. The summed E-state index contributed by atoms with van der Waals surface area (Å²) in [5.41, 5.74) is 4.26. The maximum atomic E-state index is 11.8. The van der Waals surface area contributed by atoms with Gasteiger partial charge < -0.3 is 10.6 Å². The van der Waals surface area contributed by atoms with Crippen molar-refractivity contribution >= 4 is 39.8 Å². The summed E-state index contributed by atoms with van der Waals surface area (Å²) in [6, 6.07) is 14.3. The lowest BCUT2D eigenvalue weighted by Crippen LogP contribution is -2.37. The van der Waals surface area contributed by atoms with E-state index in [0.717, 1.165) is 30.2 Å². The minimum atomic E-state index is -3.21. The average Bonchev–Trinajstić information content (AvgIpc) is 2.70.